The van der Waals surface area contributed by atoms with Crippen LogP contribution in [-0.4, -0.2) is 46.8 Å². The number of benzene rings is 1. The molecule has 3 heterocycles. The molecule has 2 aromatic heterocycles. The minimum absolute atomic E-state index is 0.128. The van der Waals surface area contributed by atoms with Gasteiger partial charge in [0.05, 0.1) is 16.8 Å². The zero-order chi connectivity index (χ0) is 18.8. The van der Waals surface area contributed by atoms with E-state index < -0.39 is 0 Å². The normalized spacial score (nSPS) is 15.3. The number of hydrogen-bond donors (Lipinski definition) is 1. The maximum Gasteiger partial charge on any atom is 0.255 e. The minimum Gasteiger partial charge on any atom is -0.369 e. The van der Waals surface area contributed by atoms with Gasteiger partial charge in [-0.05, 0) is 36.8 Å². The van der Waals surface area contributed by atoms with E-state index in [1.807, 2.05) is 55.6 Å². The molecule has 1 N–H and O–H groups in total. The zero-order valence-electron chi connectivity index (χ0n) is 15.2. The van der Waals surface area contributed by atoms with Crippen LogP contribution in [0, 0.1) is 6.92 Å². The van der Waals surface area contributed by atoms with Gasteiger partial charge >= 0.3 is 0 Å². The van der Waals surface area contributed by atoms with Gasteiger partial charge in [-0.25, -0.2) is 4.52 Å². The molecule has 27 heavy (non-hydrogen) atoms. The Morgan fingerprint density at radius 3 is 2.59 bits per heavy atom. The molecule has 1 aliphatic heterocycles. The van der Waals surface area contributed by atoms with Gasteiger partial charge < -0.3 is 10.2 Å². The van der Waals surface area contributed by atoms with E-state index in [0.717, 1.165) is 21.9 Å². The van der Waals surface area contributed by atoms with Crippen molar-refractivity contribution in [1.29, 1.82) is 0 Å². The molecule has 0 aliphatic carbocycles. The van der Waals surface area contributed by atoms with E-state index in [4.69, 9.17) is 0 Å². The number of aromatic nitrogens is 2. The number of fused-ring (bicyclic) bond motifs is 1. The van der Waals surface area contributed by atoms with Crippen LogP contribution in [0.1, 0.15) is 21.6 Å². The van der Waals surface area contributed by atoms with Crippen LogP contribution < -0.4 is 10.2 Å². The summed E-state index contributed by atoms with van der Waals surface area (Å²) < 4.78 is 14.8. The topological polar surface area (TPSA) is 52.9 Å². The quantitative estimate of drug-likeness (QED) is 0.720. The molecule has 4 rings (SSSR count). The van der Waals surface area contributed by atoms with E-state index in [9.17, 15) is 9.28 Å². The summed E-state index contributed by atoms with van der Waals surface area (Å²) >= 11 is 0. The third kappa shape index (κ3) is 3.64. The van der Waals surface area contributed by atoms with E-state index in [0.29, 0.717) is 44.0 Å². The van der Waals surface area contributed by atoms with E-state index >= 15 is 0 Å². The second-order valence-electron chi connectivity index (χ2n) is 6.74. The molecule has 1 saturated heterocycles. The molecule has 6 nitrogen and oxygen atoms in total. The molecule has 0 radical (unpaired) electrons. The lowest BCUT2D eigenvalue weighted by Crippen LogP contribution is -2.42. The molecule has 1 aromatic carbocycles. The van der Waals surface area contributed by atoms with Crippen molar-refractivity contribution in [2.24, 2.45) is 0 Å². The summed E-state index contributed by atoms with van der Waals surface area (Å²) in [5.41, 5.74) is 4.22. The highest BCUT2D eigenvalue weighted by atomic mass is 19.2. The van der Waals surface area contributed by atoms with Gasteiger partial charge in [-0.3, -0.25) is 4.79 Å². The average Bonchev–Trinajstić information content (AvgIpc) is 3.03. The molecule has 0 unspecified atom stereocenters. The van der Waals surface area contributed by atoms with E-state index in [1.165, 1.54) is 0 Å². The van der Waals surface area contributed by atoms with Crippen molar-refractivity contribution in [1.82, 2.24) is 20.1 Å². The van der Waals surface area contributed by atoms with E-state index in [-0.39, 0.29) is 5.91 Å². The summed E-state index contributed by atoms with van der Waals surface area (Å²) in [7, 11) is 0. The number of nitrogens with zero attached hydrogens (tertiary/aromatic N) is 4. The monoisotopic (exact) mass is 367 g/mol. The maximum absolute atomic E-state index is 13.1. The predicted molar refractivity (Wildman–Crippen MR) is 102 cm³/mol. The number of hydrogen-bond acceptors (Lipinski definition) is 4. The van der Waals surface area contributed by atoms with Gasteiger partial charge in [-0.1, -0.05) is 18.2 Å². The number of pyridine rings is 1. The minimum atomic E-state index is -0.128. The van der Waals surface area contributed by atoms with Crippen LogP contribution in [0.4, 0.5) is 10.2 Å². The second-order valence-corrected chi connectivity index (χ2v) is 6.74. The van der Waals surface area contributed by atoms with Crippen molar-refractivity contribution < 1.29 is 9.28 Å². The first kappa shape index (κ1) is 17.5. The summed E-state index contributed by atoms with van der Waals surface area (Å²) in [5, 5.41) is 8.21. The second kappa shape index (κ2) is 7.36. The summed E-state index contributed by atoms with van der Waals surface area (Å²) in [6.45, 7) is 4.50. The molecular weight excluding hydrogens is 345 g/mol. The van der Waals surface area contributed by atoms with Crippen molar-refractivity contribution >= 4 is 17.1 Å². The Morgan fingerprint density at radius 2 is 1.85 bits per heavy atom. The first-order valence-corrected chi connectivity index (χ1v) is 9.08. The summed E-state index contributed by atoms with van der Waals surface area (Å²) in [4.78, 5) is 14.8. The Hall–Kier alpha value is -2.93. The Balaban J connectivity index is 1.41. The van der Waals surface area contributed by atoms with Gasteiger partial charge in [-0.2, -0.15) is 5.10 Å². The highest BCUT2D eigenvalue weighted by molar-refractivity contribution is 6.01. The van der Waals surface area contributed by atoms with Crippen molar-refractivity contribution in [2.75, 3.05) is 31.1 Å². The van der Waals surface area contributed by atoms with Gasteiger partial charge in [0.1, 0.15) is 0 Å². The fraction of sp³-hybridized carbons (Fsp3) is 0.300. The van der Waals surface area contributed by atoms with Crippen molar-refractivity contribution in [3.8, 4) is 0 Å². The summed E-state index contributed by atoms with van der Waals surface area (Å²) in [5.74, 6) is -0.128. The maximum atomic E-state index is 13.1. The van der Waals surface area contributed by atoms with Gasteiger partial charge in [0.15, 0.2) is 0 Å². The fourth-order valence-corrected chi connectivity index (χ4v) is 3.43. The lowest BCUT2D eigenvalue weighted by atomic mass is 10.1. The zero-order valence-corrected chi connectivity index (χ0v) is 15.2. The molecule has 1 aliphatic rings. The number of halogens is 1. The smallest absolute Gasteiger partial charge is 0.255 e. The van der Waals surface area contributed by atoms with Gasteiger partial charge in [0.2, 0.25) is 0 Å². The number of amides is 1. The molecule has 0 bridgehead atoms. The summed E-state index contributed by atoms with van der Waals surface area (Å²) in [6, 6.07) is 13.7. The largest absolute Gasteiger partial charge is 0.369 e. The van der Waals surface area contributed by atoms with E-state index in [1.54, 1.807) is 4.52 Å². The van der Waals surface area contributed by atoms with Crippen molar-refractivity contribution in [2.45, 2.75) is 13.5 Å². The van der Waals surface area contributed by atoms with Crippen LogP contribution in [0.3, 0.4) is 0 Å². The van der Waals surface area contributed by atoms with Gasteiger partial charge in [-0.15, -0.1) is 9.60 Å². The molecule has 0 spiro atoms. The molecular formula is C20H22FN5O. The highest BCUT2D eigenvalue weighted by Crippen LogP contribution is 2.18. The van der Waals surface area contributed by atoms with E-state index in [2.05, 4.69) is 15.3 Å². The molecule has 7 heteroatoms. The molecule has 3 aromatic rings. The number of aryl methyl sites for hydroxylation is 1. The Morgan fingerprint density at radius 1 is 1.11 bits per heavy atom. The Bertz CT molecular complexity index is 945. The first-order valence-electron chi connectivity index (χ1n) is 9.08. The number of carbonyl (C=O) groups excluding carboxylic acids is 1. The molecule has 1 amide bonds. The van der Waals surface area contributed by atoms with Crippen LogP contribution in [0.2, 0.25) is 0 Å². The number of piperazine rings is 1. The molecule has 140 valence electrons. The lowest BCUT2D eigenvalue weighted by molar-refractivity contribution is 0.0200. The predicted octanol–water partition coefficient (Wildman–Crippen LogP) is 2.58. The van der Waals surface area contributed by atoms with Gasteiger partial charge in [0.25, 0.3) is 5.91 Å². The number of anilines is 1. The van der Waals surface area contributed by atoms with Crippen LogP contribution in [-0.2, 0) is 6.54 Å². The number of rotatable bonds is 4. The molecule has 0 saturated carbocycles. The Labute approximate surface area is 157 Å². The SMILES string of the molecule is Cc1nn2ccccc2c1C(=O)NCc1ccc(N2CCN(F)CC2)cc1. The highest BCUT2D eigenvalue weighted by Gasteiger charge is 2.18. The van der Waals surface area contributed by atoms with Crippen molar-refractivity contribution in [3.05, 3.63) is 65.5 Å². The molecule has 1 fully saturated rings. The molecule has 0 atom stereocenters. The average molecular weight is 367 g/mol. The number of nitrogens with one attached hydrogen (secondary N) is 1. The van der Waals surface area contributed by atoms with Crippen LogP contribution in [0.15, 0.2) is 48.7 Å². The summed E-state index contributed by atoms with van der Waals surface area (Å²) in [6.07, 6.45) is 1.83. The first-order chi connectivity index (χ1) is 13.1. The fourth-order valence-electron chi connectivity index (χ4n) is 3.43. The third-order valence-corrected chi connectivity index (χ3v) is 4.92. The van der Waals surface area contributed by atoms with Crippen LogP contribution in [0.25, 0.3) is 5.52 Å². The number of carbonyl (C=O) groups is 1. The van der Waals surface area contributed by atoms with Crippen LogP contribution in [0.5, 0.6) is 0 Å². The standard InChI is InChI=1S/C20H22FN5O/c1-15-19(18-4-2-3-9-26(18)23-15)20(27)22-14-16-5-7-17(8-6-16)24-10-12-25(21)13-11-24/h2-9H,10-14H2,1H3,(H,22,27). The van der Waals surface area contributed by atoms with Gasteiger partial charge in [0, 0.05) is 44.6 Å². The third-order valence-electron chi connectivity index (χ3n) is 4.92. The lowest BCUT2D eigenvalue weighted by Gasteiger charge is -2.31. The Kier molecular flexibility index (Phi) is 4.77. The van der Waals surface area contributed by atoms with Crippen LogP contribution >= 0.6 is 0 Å². The van der Waals surface area contributed by atoms with Crippen molar-refractivity contribution in [3.63, 3.8) is 0 Å².